The molecule has 0 radical (unpaired) electrons. The molecule has 0 fully saturated rings. The smallest absolute Gasteiger partial charge is 0.271 e. The molecule has 0 amide bonds. The first kappa shape index (κ1) is 28.4. The third kappa shape index (κ3) is 6.92. The van der Waals surface area contributed by atoms with E-state index in [-0.39, 0.29) is 33.4 Å². The van der Waals surface area contributed by atoms with Crippen LogP contribution in [0, 0.1) is 6.33 Å². The Morgan fingerprint density at radius 1 is 0.540 bits per heavy atom. The van der Waals surface area contributed by atoms with Crippen molar-refractivity contribution in [3.63, 3.8) is 0 Å². The summed E-state index contributed by atoms with van der Waals surface area (Å²) in [5, 5.41) is 2.08. The van der Waals surface area contributed by atoms with Crippen LogP contribution in [0.25, 0.3) is 83.5 Å². The fraction of sp³-hybridized carbons (Fsp3) is 0.0702. The van der Waals surface area contributed by atoms with Gasteiger partial charge in [-0.25, -0.2) is 4.98 Å². The third-order valence-corrected chi connectivity index (χ3v) is 11.2. The van der Waals surface area contributed by atoms with Crippen molar-refractivity contribution in [2.24, 2.45) is 0 Å². The van der Waals surface area contributed by atoms with E-state index >= 15 is 0 Å². The number of fused-ring (bicyclic) bond motifs is 4. The lowest BCUT2D eigenvalue weighted by molar-refractivity contribution is -0.571. The molecular weight excluding hydrogens is 771 g/mol. The number of imidazole rings is 1. The van der Waals surface area contributed by atoms with Gasteiger partial charge in [0.1, 0.15) is 17.3 Å². The van der Waals surface area contributed by atoms with Gasteiger partial charge in [0.25, 0.3) is 6.33 Å². The van der Waals surface area contributed by atoms with Crippen molar-refractivity contribution in [3.8, 4) is 62.2 Å². The highest BCUT2D eigenvalue weighted by Crippen LogP contribution is 2.39. The first-order valence-corrected chi connectivity index (χ1v) is 20.5. The molecule has 0 unspecified atom stereocenters. The number of aromatic nitrogens is 5. The van der Waals surface area contributed by atoms with E-state index in [1.807, 2.05) is 54.7 Å². The molecule has 0 bridgehead atoms. The van der Waals surface area contributed by atoms with E-state index in [4.69, 9.17) is 28.4 Å². The summed E-state index contributed by atoms with van der Waals surface area (Å²) in [7, 11) is 0. The highest BCUT2D eigenvalue weighted by atomic mass is 16.5. The quantitative estimate of drug-likeness (QED) is 0.113. The number of ether oxygens (including phenoxy) is 1. The van der Waals surface area contributed by atoms with E-state index in [2.05, 4.69) is 74.1 Å². The number of rotatable bonds is 8. The normalized spacial score (nSPS) is 14.0. The first-order chi connectivity index (χ1) is 35.0. The van der Waals surface area contributed by atoms with Gasteiger partial charge in [-0.2, -0.15) is 0 Å². The predicted molar refractivity (Wildman–Crippen MR) is 255 cm³/mol. The number of pyridine rings is 2. The molecule has 11 rings (SSSR count). The van der Waals surface area contributed by atoms with Gasteiger partial charge in [0.2, 0.25) is 0 Å². The Labute approximate surface area is 380 Å². The zero-order chi connectivity index (χ0) is 51.2. The van der Waals surface area contributed by atoms with Crippen molar-refractivity contribution >= 4 is 32.8 Å². The molecule has 302 valence electrons. The molecule has 4 heterocycles. The molecule has 7 aromatic carbocycles. The van der Waals surface area contributed by atoms with Crippen LogP contribution < -0.4 is 9.30 Å². The topological polar surface area (TPSA) is 48.8 Å². The van der Waals surface area contributed by atoms with Crippen LogP contribution >= 0.6 is 0 Å². The molecule has 63 heavy (non-hydrogen) atoms. The molecule has 0 saturated carbocycles. The van der Waals surface area contributed by atoms with Gasteiger partial charge < -0.3 is 4.74 Å². The number of nitrogens with zero attached hydrogens (tertiary/aromatic N) is 5. The highest BCUT2D eigenvalue weighted by molar-refractivity contribution is 6.10. The van der Waals surface area contributed by atoms with Crippen LogP contribution in [0.2, 0.25) is 0 Å². The summed E-state index contributed by atoms with van der Waals surface area (Å²) in [4.78, 5) is 9.64. The minimum absolute atomic E-state index is 0.119. The van der Waals surface area contributed by atoms with E-state index in [1.165, 1.54) is 0 Å². The molecular formula is C57H43N5O. The van der Waals surface area contributed by atoms with Gasteiger partial charge in [0.05, 0.1) is 41.5 Å². The van der Waals surface area contributed by atoms with Gasteiger partial charge in [-0.05, 0) is 86.8 Å². The molecule has 0 aliphatic rings. The highest BCUT2D eigenvalue weighted by Gasteiger charge is 2.22. The number of benzene rings is 7. The van der Waals surface area contributed by atoms with E-state index in [0.717, 1.165) is 44.3 Å². The summed E-state index contributed by atoms with van der Waals surface area (Å²) < 4.78 is 99.2. The number of hydrogen-bond acceptors (Lipinski definition) is 3. The lowest BCUT2D eigenvalue weighted by Gasteiger charge is -2.20. The average molecular weight is 824 g/mol. The fourth-order valence-electron chi connectivity index (χ4n) is 8.20. The maximum absolute atomic E-state index is 9.02. The van der Waals surface area contributed by atoms with Gasteiger partial charge in [0.15, 0.2) is 5.82 Å². The molecule has 6 nitrogen and oxygen atoms in total. The minimum atomic E-state index is -0.575. The van der Waals surface area contributed by atoms with Crippen molar-refractivity contribution in [3.05, 3.63) is 218 Å². The van der Waals surface area contributed by atoms with E-state index in [9.17, 15) is 0 Å². The van der Waals surface area contributed by atoms with Gasteiger partial charge in [0, 0.05) is 35.3 Å². The van der Waals surface area contributed by atoms with Crippen molar-refractivity contribution in [1.82, 2.24) is 19.1 Å². The van der Waals surface area contributed by atoms with Crippen molar-refractivity contribution in [2.75, 3.05) is 0 Å². The SMILES string of the molecule is [2H]c1c([2H])c([2H])c(-c2cccc(-c3c([2H])c([2H])c([2H])c([2H])c3[2H])c2-[n+]2[c-]n(-c3cc(Oc4ccc5c6cc(-c7ccccc7)ccc6n(-c6cc(C(C)(C)C)ccn6)c5c4)ccn3)c3ccccc32)c([2H])c1[2H]. The molecule has 0 saturated heterocycles. The van der Waals surface area contributed by atoms with Gasteiger partial charge in [-0.15, -0.1) is 0 Å². The third-order valence-electron chi connectivity index (χ3n) is 11.2. The van der Waals surface area contributed by atoms with Gasteiger partial charge in [-0.3, -0.25) is 18.7 Å². The van der Waals surface area contributed by atoms with Crippen LogP contribution in [0.1, 0.15) is 40.0 Å². The van der Waals surface area contributed by atoms with E-state index in [1.54, 1.807) is 57.8 Å². The van der Waals surface area contributed by atoms with Crippen LogP contribution in [-0.4, -0.2) is 19.1 Å². The Bertz CT molecular complexity index is 3930. The van der Waals surface area contributed by atoms with Crippen LogP contribution in [0.15, 0.2) is 206 Å². The zero-order valence-corrected chi connectivity index (χ0v) is 34.5. The zero-order valence-electron chi connectivity index (χ0n) is 44.5. The van der Waals surface area contributed by atoms with E-state index in [0.29, 0.717) is 28.4 Å². The summed E-state index contributed by atoms with van der Waals surface area (Å²) in [5.41, 5.74) is 6.34. The molecule has 6 heteroatoms. The Kier molecular flexibility index (Phi) is 6.96. The second-order valence-electron chi connectivity index (χ2n) is 16.2. The second kappa shape index (κ2) is 15.4. The summed E-state index contributed by atoms with van der Waals surface area (Å²) in [6, 6.07) is 37.1. The second-order valence-corrected chi connectivity index (χ2v) is 16.2. The van der Waals surface area contributed by atoms with Crippen molar-refractivity contribution in [1.29, 1.82) is 0 Å². The van der Waals surface area contributed by atoms with Crippen LogP contribution in [0.5, 0.6) is 11.5 Å². The lowest BCUT2D eigenvalue weighted by Crippen LogP contribution is -2.31. The Morgan fingerprint density at radius 3 is 1.97 bits per heavy atom. The Hall–Kier alpha value is -8.09. The summed E-state index contributed by atoms with van der Waals surface area (Å²) in [6.45, 7) is 6.54. The van der Waals surface area contributed by atoms with Crippen molar-refractivity contribution < 1.29 is 23.0 Å². The summed E-state index contributed by atoms with van der Waals surface area (Å²) in [6.07, 6.45) is 6.85. The number of para-hydroxylation sites is 3. The largest absolute Gasteiger partial charge is 0.458 e. The molecule has 0 aliphatic heterocycles. The van der Waals surface area contributed by atoms with E-state index < -0.39 is 60.4 Å². The first-order valence-electron chi connectivity index (χ1n) is 25.5. The summed E-state index contributed by atoms with van der Waals surface area (Å²) in [5.74, 6) is 2.15. The van der Waals surface area contributed by atoms with Gasteiger partial charge in [-0.1, -0.05) is 160 Å². The molecule has 11 aromatic rings. The molecule has 0 spiro atoms. The minimum Gasteiger partial charge on any atom is -0.458 e. The maximum Gasteiger partial charge on any atom is 0.271 e. The Morgan fingerprint density at radius 2 is 1.22 bits per heavy atom. The number of hydrogen-bond donors (Lipinski definition) is 0. The maximum atomic E-state index is 9.02. The summed E-state index contributed by atoms with van der Waals surface area (Å²) >= 11 is 0. The fourth-order valence-corrected chi connectivity index (χ4v) is 8.20. The molecule has 0 aliphatic carbocycles. The molecule has 0 N–H and O–H groups in total. The van der Waals surface area contributed by atoms with Crippen LogP contribution in [-0.2, 0) is 5.41 Å². The predicted octanol–water partition coefficient (Wildman–Crippen LogP) is 13.7. The van der Waals surface area contributed by atoms with Crippen LogP contribution in [0.4, 0.5) is 0 Å². The van der Waals surface area contributed by atoms with Crippen LogP contribution in [0.3, 0.4) is 0 Å². The van der Waals surface area contributed by atoms with Gasteiger partial charge >= 0.3 is 0 Å². The lowest BCUT2D eigenvalue weighted by atomic mass is 9.88. The Balaban J connectivity index is 1.07. The molecule has 0 atom stereocenters. The standard InChI is InChI=1S/C57H43N5O/c1-57(2,3)43-30-32-59-55(35-43)62-50-29-26-42(39-16-7-4-8-17-39)34-49(50)48-28-27-44(36-53(48)62)63-45-31-33-58-54(37-45)60-38-61(52-25-14-13-24-51(52)60)56-46(40-18-9-5-10-19-40)22-15-23-47(56)41-20-11-6-12-21-41/h4-37H,1-3H3/i5D,6D,9D,10D,11D,12D,18D,19D,20D,21D. The van der Waals surface area contributed by atoms with Crippen molar-refractivity contribution in [2.45, 2.75) is 26.2 Å². The molecule has 4 aromatic heterocycles. The average Bonchev–Trinajstić information content (AvgIpc) is 3.94. The monoisotopic (exact) mass is 823 g/mol.